The van der Waals surface area contributed by atoms with Crippen molar-refractivity contribution in [3.63, 3.8) is 0 Å². The molecular weight excluding hydrogens is 126 g/mol. The number of hydrogen-bond donors (Lipinski definition) is 0. The molecule has 0 fully saturated rings. The molecule has 0 aliphatic carbocycles. The normalized spacial score (nSPS) is 9.50. The molecule has 0 saturated heterocycles. The molecule has 3 nitrogen and oxygen atoms in total. The van der Waals surface area contributed by atoms with E-state index in [1.165, 1.54) is 0 Å². The summed E-state index contributed by atoms with van der Waals surface area (Å²) in [5.74, 6) is 0. The first-order chi connectivity index (χ1) is 4.66. The van der Waals surface area contributed by atoms with E-state index in [0.717, 1.165) is 19.5 Å². The Morgan fingerprint density at radius 2 is 1.80 bits per heavy atom. The van der Waals surface area contributed by atoms with E-state index in [9.17, 15) is 0 Å². The van der Waals surface area contributed by atoms with Crippen LogP contribution in [0.25, 0.3) is 0 Å². The van der Waals surface area contributed by atoms with Gasteiger partial charge in [0.2, 0.25) is 0 Å². The Kier molecular flexibility index (Phi) is 4.69. The summed E-state index contributed by atoms with van der Waals surface area (Å²) >= 11 is 0. The van der Waals surface area contributed by atoms with Crippen LogP contribution in [0.3, 0.4) is 0 Å². The van der Waals surface area contributed by atoms with E-state index in [4.69, 9.17) is 5.26 Å². The van der Waals surface area contributed by atoms with Gasteiger partial charge in [-0.2, -0.15) is 5.26 Å². The zero-order valence-corrected chi connectivity index (χ0v) is 6.96. The van der Waals surface area contributed by atoms with Crippen LogP contribution in [-0.4, -0.2) is 44.0 Å². The summed E-state index contributed by atoms with van der Waals surface area (Å²) in [6.07, 6.45) is 3.11. The molecule has 0 saturated carbocycles. The Bertz CT molecular complexity index is 115. The second-order valence-electron chi connectivity index (χ2n) is 2.68. The second kappa shape index (κ2) is 5.07. The van der Waals surface area contributed by atoms with Gasteiger partial charge in [-0.05, 0) is 27.1 Å². The monoisotopic (exact) mass is 141 g/mol. The Labute approximate surface area is 62.8 Å². The van der Waals surface area contributed by atoms with Crippen molar-refractivity contribution in [3.8, 4) is 6.19 Å². The van der Waals surface area contributed by atoms with E-state index in [2.05, 4.69) is 11.1 Å². The van der Waals surface area contributed by atoms with Crippen LogP contribution in [0.4, 0.5) is 0 Å². The number of nitrogens with zero attached hydrogens (tertiary/aromatic N) is 3. The summed E-state index contributed by atoms with van der Waals surface area (Å²) < 4.78 is 0. The quantitative estimate of drug-likeness (QED) is 0.418. The van der Waals surface area contributed by atoms with Gasteiger partial charge in [0.15, 0.2) is 6.19 Å². The first kappa shape index (κ1) is 9.25. The van der Waals surface area contributed by atoms with Crippen molar-refractivity contribution >= 4 is 0 Å². The van der Waals surface area contributed by atoms with Crippen molar-refractivity contribution < 1.29 is 0 Å². The highest BCUT2D eigenvalue weighted by Gasteiger charge is 1.93. The van der Waals surface area contributed by atoms with Gasteiger partial charge in [0.25, 0.3) is 0 Å². The average Bonchev–Trinajstić information content (AvgIpc) is 1.87. The average molecular weight is 141 g/mol. The molecule has 0 radical (unpaired) electrons. The third kappa shape index (κ3) is 5.39. The maximum atomic E-state index is 8.36. The van der Waals surface area contributed by atoms with E-state index < -0.39 is 0 Å². The SMILES string of the molecule is CN(C)CCCN(C)C#N. The topological polar surface area (TPSA) is 30.3 Å². The van der Waals surface area contributed by atoms with Crippen molar-refractivity contribution in [3.05, 3.63) is 0 Å². The molecule has 0 aliphatic heterocycles. The molecule has 0 aromatic rings. The van der Waals surface area contributed by atoms with Gasteiger partial charge in [-0.1, -0.05) is 0 Å². The van der Waals surface area contributed by atoms with Crippen molar-refractivity contribution in [2.45, 2.75) is 6.42 Å². The van der Waals surface area contributed by atoms with Crippen molar-refractivity contribution in [1.82, 2.24) is 9.80 Å². The molecule has 0 aromatic carbocycles. The Morgan fingerprint density at radius 3 is 2.20 bits per heavy atom. The smallest absolute Gasteiger partial charge is 0.179 e. The summed E-state index contributed by atoms with van der Waals surface area (Å²) in [6.45, 7) is 1.90. The number of hydrogen-bond acceptors (Lipinski definition) is 3. The van der Waals surface area contributed by atoms with E-state index in [0.29, 0.717) is 0 Å². The molecule has 0 aliphatic rings. The van der Waals surface area contributed by atoms with Crippen LogP contribution in [0.5, 0.6) is 0 Å². The van der Waals surface area contributed by atoms with Gasteiger partial charge in [0.1, 0.15) is 0 Å². The minimum Gasteiger partial charge on any atom is -0.314 e. The fourth-order valence-corrected chi connectivity index (χ4v) is 0.674. The van der Waals surface area contributed by atoms with E-state index in [1.807, 2.05) is 14.1 Å². The maximum Gasteiger partial charge on any atom is 0.179 e. The predicted octanol–water partition coefficient (Wildman–Crippen LogP) is 0.351. The lowest BCUT2D eigenvalue weighted by atomic mass is 10.4. The van der Waals surface area contributed by atoms with Crippen LogP contribution in [-0.2, 0) is 0 Å². The Hall–Kier alpha value is -0.750. The molecular formula is C7H15N3. The molecule has 58 valence electrons. The fourth-order valence-electron chi connectivity index (χ4n) is 0.674. The van der Waals surface area contributed by atoms with E-state index >= 15 is 0 Å². The van der Waals surface area contributed by atoms with Crippen molar-refractivity contribution in [2.24, 2.45) is 0 Å². The van der Waals surface area contributed by atoms with Crippen LogP contribution in [0, 0.1) is 11.5 Å². The van der Waals surface area contributed by atoms with Crippen LogP contribution in [0.15, 0.2) is 0 Å². The molecule has 0 heterocycles. The van der Waals surface area contributed by atoms with Crippen LogP contribution < -0.4 is 0 Å². The number of nitriles is 1. The Morgan fingerprint density at radius 1 is 1.20 bits per heavy atom. The lowest BCUT2D eigenvalue weighted by Gasteiger charge is -2.11. The summed E-state index contributed by atoms with van der Waals surface area (Å²) in [6, 6.07) is 0. The summed E-state index contributed by atoms with van der Waals surface area (Å²) in [7, 11) is 5.87. The van der Waals surface area contributed by atoms with E-state index in [-0.39, 0.29) is 0 Å². The maximum absolute atomic E-state index is 8.36. The highest BCUT2D eigenvalue weighted by atomic mass is 15.1. The summed E-state index contributed by atoms with van der Waals surface area (Å²) in [5, 5.41) is 8.36. The Balaban J connectivity index is 3.13. The highest BCUT2D eigenvalue weighted by molar-refractivity contribution is 4.68. The van der Waals surface area contributed by atoms with Gasteiger partial charge in [0.05, 0.1) is 0 Å². The van der Waals surface area contributed by atoms with Gasteiger partial charge < -0.3 is 9.80 Å². The molecule has 0 N–H and O–H groups in total. The zero-order chi connectivity index (χ0) is 7.98. The molecule has 0 rings (SSSR count). The lowest BCUT2D eigenvalue weighted by Crippen LogP contribution is -2.19. The second-order valence-corrected chi connectivity index (χ2v) is 2.68. The first-order valence-electron chi connectivity index (χ1n) is 3.42. The van der Waals surface area contributed by atoms with Crippen LogP contribution >= 0.6 is 0 Å². The van der Waals surface area contributed by atoms with Crippen molar-refractivity contribution in [2.75, 3.05) is 34.2 Å². The minimum absolute atomic E-state index is 0.856. The summed E-state index contributed by atoms with van der Waals surface area (Å²) in [5.41, 5.74) is 0. The van der Waals surface area contributed by atoms with Gasteiger partial charge in [0, 0.05) is 13.6 Å². The molecule has 10 heavy (non-hydrogen) atoms. The predicted molar refractivity (Wildman–Crippen MR) is 41.4 cm³/mol. The van der Waals surface area contributed by atoms with Gasteiger partial charge in [-0.3, -0.25) is 0 Å². The van der Waals surface area contributed by atoms with Gasteiger partial charge in [-0.15, -0.1) is 0 Å². The third-order valence-electron chi connectivity index (χ3n) is 1.27. The largest absolute Gasteiger partial charge is 0.314 e. The van der Waals surface area contributed by atoms with E-state index in [1.54, 1.807) is 11.9 Å². The third-order valence-corrected chi connectivity index (χ3v) is 1.27. The lowest BCUT2D eigenvalue weighted by molar-refractivity contribution is 0.363. The molecule has 0 spiro atoms. The zero-order valence-electron chi connectivity index (χ0n) is 6.96. The van der Waals surface area contributed by atoms with Crippen molar-refractivity contribution in [1.29, 1.82) is 5.26 Å². The van der Waals surface area contributed by atoms with Gasteiger partial charge >= 0.3 is 0 Å². The minimum atomic E-state index is 0.856. The molecule has 0 atom stereocenters. The van der Waals surface area contributed by atoms with Crippen LogP contribution in [0.2, 0.25) is 0 Å². The molecule has 3 heteroatoms. The highest BCUT2D eigenvalue weighted by Crippen LogP contribution is 1.86. The summed E-state index contributed by atoms with van der Waals surface area (Å²) in [4.78, 5) is 3.76. The first-order valence-corrected chi connectivity index (χ1v) is 3.42. The fraction of sp³-hybridized carbons (Fsp3) is 0.857. The molecule has 0 unspecified atom stereocenters. The molecule has 0 bridgehead atoms. The van der Waals surface area contributed by atoms with Crippen LogP contribution in [0.1, 0.15) is 6.42 Å². The van der Waals surface area contributed by atoms with Gasteiger partial charge in [-0.25, -0.2) is 0 Å². The standard InChI is InChI=1S/C7H15N3/c1-9(2)5-4-6-10(3)7-8/h4-6H2,1-3H3. The molecule has 0 aromatic heterocycles. The molecule has 0 amide bonds. The number of rotatable bonds is 4.